The molecular formula is C9H10BrNO5. The maximum atomic E-state index is 10.5. The van der Waals surface area contributed by atoms with Crippen LogP contribution in [0.15, 0.2) is 21.2 Å². The number of hydrogen-bond acceptors (Lipinski definition) is 4. The van der Waals surface area contributed by atoms with Crippen LogP contribution in [0, 0.1) is 0 Å². The van der Waals surface area contributed by atoms with Crippen LogP contribution in [0.4, 0.5) is 0 Å². The second-order valence-electron chi connectivity index (χ2n) is 3.14. The third-order valence-electron chi connectivity index (χ3n) is 1.73. The largest absolute Gasteiger partial charge is 0.480 e. The lowest BCUT2D eigenvalue weighted by molar-refractivity contribution is -0.142. The van der Waals surface area contributed by atoms with Crippen molar-refractivity contribution in [3.8, 4) is 0 Å². The van der Waals surface area contributed by atoms with Crippen molar-refractivity contribution < 1.29 is 24.2 Å². The van der Waals surface area contributed by atoms with Crippen LogP contribution in [0.25, 0.3) is 0 Å². The summed E-state index contributed by atoms with van der Waals surface area (Å²) < 4.78 is 5.69. The lowest BCUT2D eigenvalue weighted by Gasteiger charge is -2.15. The molecule has 88 valence electrons. The van der Waals surface area contributed by atoms with E-state index in [-0.39, 0.29) is 19.6 Å². The molecule has 16 heavy (non-hydrogen) atoms. The van der Waals surface area contributed by atoms with E-state index in [2.05, 4.69) is 15.9 Å². The molecule has 0 bridgehead atoms. The molecule has 2 N–H and O–H groups in total. The van der Waals surface area contributed by atoms with Gasteiger partial charge in [-0.05, 0) is 28.1 Å². The van der Waals surface area contributed by atoms with Crippen molar-refractivity contribution >= 4 is 27.9 Å². The van der Waals surface area contributed by atoms with E-state index in [1.54, 1.807) is 12.1 Å². The number of nitrogens with zero attached hydrogens (tertiary/aromatic N) is 1. The Bertz CT molecular complexity index is 373. The third kappa shape index (κ3) is 4.45. The lowest BCUT2D eigenvalue weighted by atomic mass is 10.4. The van der Waals surface area contributed by atoms with E-state index in [9.17, 15) is 9.59 Å². The van der Waals surface area contributed by atoms with E-state index >= 15 is 0 Å². The van der Waals surface area contributed by atoms with Gasteiger partial charge in [0, 0.05) is 0 Å². The monoisotopic (exact) mass is 291 g/mol. The SMILES string of the molecule is O=C(O)CN(CC(=O)O)Cc1ccc(Br)o1. The summed E-state index contributed by atoms with van der Waals surface area (Å²) in [5.41, 5.74) is 0. The van der Waals surface area contributed by atoms with E-state index in [1.165, 1.54) is 4.90 Å². The molecular weight excluding hydrogens is 282 g/mol. The van der Waals surface area contributed by atoms with Gasteiger partial charge in [-0.25, -0.2) is 0 Å². The smallest absolute Gasteiger partial charge is 0.317 e. The van der Waals surface area contributed by atoms with Gasteiger partial charge in [0.15, 0.2) is 4.67 Å². The highest BCUT2D eigenvalue weighted by atomic mass is 79.9. The van der Waals surface area contributed by atoms with Crippen LogP contribution in [0.5, 0.6) is 0 Å². The van der Waals surface area contributed by atoms with E-state index in [0.29, 0.717) is 10.4 Å². The number of carbonyl (C=O) groups is 2. The van der Waals surface area contributed by atoms with Gasteiger partial charge in [0.2, 0.25) is 0 Å². The second-order valence-corrected chi connectivity index (χ2v) is 3.92. The molecule has 0 fully saturated rings. The van der Waals surface area contributed by atoms with Crippen molar-refractivity contribution in [3.63, 3.8) is 0 Å². The first kappa shape index (κ1) is 12.7. The minimum atomic E-state index is -1.08. The fourth-order valence-electron chi connectivity index (χ4n) is 1.21. The molecule has 0 radical (unpaired) electrons. The number of aliphatic carboxylic acids is 2. The van der Waals surface area contributed by atoms with Crippen LogP contribution in [-0.2, 0) is 16.1 Å². The van der Waals surface area contributed by atoms with Crippen molar-refractivity contribution in [1.82, 2.24) is 4.90 Å². The zero-order chi connectivity index (χ0) is 12.1. The van der Waals surface area contributed by atoms with Gasteiger partial charge in [0.25, 0.3) is 0 Å². The highest BCUT2D eigenvalue weighted by Gasteiger charge is 2.15. The van der Waals surface area contributed by atoms with Gasteiger partial charge in [0.1, 0.15) is 5.76 Å². The summed E-state index contributed by atoms with van der Waals surface area (Å²) in [5, 5.41) is 17.2. The van der Waals surface area contributed by atoms with Crippen LogP contribution >= 0.6 is 15.9 Å². The molecule has 0 amide bonds. The fraction of sp³-hybridized carbons (Fsp3) is 0.333. The normalized spacial score (nSPS) is 10.6. The highest BCUT2D eigenvalue weighted by molar-refractivity contribution is 9.10. The number of carboxylic acid groups (broad SMARTS) is 2. The Morgan fingerprint density at radius 3 is 2.19 bits per heavy atom. The fourth-order valence-corrected chi connectivity index (χ4v) is 1.55. The molecule has 0 saturated carbocycles. The lowest BCUT2D eigenvalue weighted by Crippen LogP contribution is -2.33. The van der Waals surface area contributed by atoms with Gasteiger partial charge in [-0.2, -0.15) is 0 Å². The quantitative estimate of drug-likeness (QED) is 0.813. The van der Waals surface area contributed by atoms with Crippen LogP contribution < -0.4 is 0 Å². The predicted octanol–water partition coefficient (Wildman–Crippen LogP) is 1.01. The Morgan fingerprint density at radius 2 is 1.81 bits per heavy atom. The van der Waals surface area contributed by atoms with Crippen molar-refractivity contribution in [3.05, 3.63) is 22.6 Å². The van der Waals surface area contributed by atoms with Crippen LogP contribution in [-0.4, -0.2) is 40.1 Å². The van der Waals surface area contributed by atoms with Gasteiger partial charge >= 0.3 is 11.9 Å². The van der Waals surface area contributed by atoms with E-state index in [0.717, 1.165) is 0 Å². The molecule has 1 aromatic rings. The van der Waals surface area contributed by atoms with Crippen molar-refractivity contribution in [2.24, 2.45) is 0 Å². The Labute approximate surface area is 99.6 Å². The number of halogens is 1. The zero-order valence-corrected chi connectivity index (χ0v) is 9.81. The third-order valence-corrected chi connectivity index (χ3v) is 2.15. The Balaban J connectivity index is 2.62. The molecule has 0 spiro atoms. The topological polar surface area (TPSA) is 91.0 Å². The number of rotatable bonds is 6. The molecule has 7 heteroatoms. The second kappa shape index (κ2) is 5.66. The molecule has 0 atom stereocenters. The first-order valence-corrected chi connectivity index (χ1v) is 5.17. The summed E-state index contributed by atoms with van der Waals surface area (Å²) in [6.45, 7) is -0.542. The van der Waals surface area contributed by atoms with E-state index in [4.69, 9.17) is 14.6 Å². The maximum absolute atomic E-state index is 10.5. The molecule has 0 unspecified atom stereocenters. The molecule has 1 heterocycles. The summed E-state index contributed by atoms with van der Waals surface area (Å²) in [7, 11) is 0. The summed E-state index contributed by atoms with van der Waals surface area (Å²) in [6, 6.07) is 3.32. The Morgan fingerprint density at radius 1 is 1.25 bits per heavy atom. The van der Waals surface area contributed by atoms with Gasteiger partial charge < -0.3 is 14.6 Å². The summed E-state index contributed by atoms with van der Waals surface area (Å²) in [6.07, 6.45) is 0. The average molecular weight is 292 g/mol. The number of carboxylic acids is 2. The van der Waals surface area contributed by atoms with E-state index in [1.807, 2.05) is 0 Å². The van der Waals surface area contributed by atoms with Crippen LogP contribution in [0.2, 0.25) is 0 Å². The first-order chi connectivity index (χ1) is 7.47. The summed E-state index contributed by atoms with van der Waals surface area (Å²) >= 11 is 3.11. The minimum absolute atomic E-state index is 0.143. The van der Waals surface area contributed by atoms with Crippen LogP contribution in [0.1, 0.15) is 5.76 Å². The van der Waals surface area contributed by atoms with Crippen molar-refractivity contribution in [2.45, 2.75) is 6.54 Å². The molecule has 0 aliphatic carbocycles. The van der Waals surface area contributed by atoms with Gasteiger partial charge in [-0.1, -0.05) is 0 Å². The first-order valence-electron chi connectivity index (χ1n) is 4.37. The molecule has 0 aliphatic heterocycles. The highest BCUT2D eigenvalue weighted by Crippen LogP contribution is 2.15. The number of hydrogen-bond donors (Lipinski definition) is 2. The molecule has 1 aromatic heterocycles. The van der Waals surface area contributed by atoms with Gasteiger partial charge in [-0.3, -0.25) is 14.5 Å². The van der Waals surface area contributed by atoms with Crippen molar-refractivity contribution in [2.75, 3.05) is 13.1 Å². The minimum Gasteiger partial charge on any atom is -0.480 e. The predicted molar refractivity (Wildman–Crippen MR) is 57.0 cm³/mol. The molecule has 6 nitrogen and oxygen atoms in total. The molecule has 1 rings (SSSR count). The van der Waals surface area contributed by atoms with Crippen molar-refractivity contribution in [1.29, 1.82) is 0 Å². The Hall–Kier alpha value is -1.34. The van der Waals surface area contributed by atoms with E-state index < -0.39 is 11.9 Å². The van der Waals surface area contributed by atoms with Crippen LogP contribution in [0.3, 0.4) is 0 Å². The van der Waals surface area contributed by atoms with Gasteiger partial charge in [-0.15, -0.1) is 0 Å². The summed E-state index contributed by atoms with van der Waals surface area (Å²) in [5.74, 6) is -1.65. The average Bonchev–Trinajstić information content (AvgIpc) is 2.48. The molecule has 0 saturated heterocycles. The maximum Gasteiger partial charge on any atom is 0.317 e. The number of furan rings is 1. The summed E-state index contributed by atoms with van der Waals surface area (Å²) in [4.78, 5) is 22.3. The zero-order valence-electron chi connectivity index (χ0n) is 8.22. The standard InChI is InChI=1S/C9H10BrNO5/c10-7-2-1-6(16-7)3-11(4-8(12)13)5-9(14)15/h1-2H,3-5H2,(H,12,13)(H,14,15). The molecule has 0 aliphatic rings. The molecule has 0 aromatic carbocycles. The Kier molecular flexibility index (Phi) is 4.51. The van der Waals surface area contributed by atoms with Gasteiger partial charge in [0.05, 0.1) is 19.6 Å².